The largest absolute Gasteiger partial charge is 0.295 e. The Morgan fingerprint density at radius 1 is 1.05 bits per heavy atom. The van der Waals surface area contributed by atoms with Gasteiger partial charge in [-0.1, -0.05) is 30.3 Å². The molecule has 0 atom stereocenters. The molecule has 6 nitrogen and oxygen atoms in total. The summed E-state index contributed by atoms with van der Waals surface area (Å²) in [5.74, 6) is -0.524. The Morgan fingerprint density at radius 2 is 1.71 bits per heavy atom. The fourth-order valence-electron chi connectivity index (χ4n) is 1.70. The van der Waals surface area contributed by atoms with E-state index in [4.69, 9.17) is 0 Å². The van der Waals surface area contributed by atoms with Gasteiger partial charge in [0, 0.05) is 18.8 Å². The molecule has 0 bridgehead atoms. The Labute approximate surface area is 123 Å². The molecule has 2 aromatic rings. The van der Waals surface area contributed by atoms with E-state index in [1.807, 2.05) is 6.07 Å². The summed E-state index contributed by atoms with van der Waals surface area (Å²) in [6.07, 6.45) is 2.87. The van der Waals surface area contributed by atoms with Gasteiger partial charge in [0.25, 0.3) is 0 Å². The predicted octanol–water partition coefficient (Wildman–Crippen LogP) is 1.42. The summed E-state index contributed by atoms with van der Waals surface area (Å²) in [5, 5.41) is 2.45. The smallest absolute Gasteiger partial charge is 0.229 e. The van der Waals surface area contributed by atoms with Gasteiger partial charge in [0.2, 0.25) is 11.9 Å². The minimum atomic E-state index is -3.32. The third-order valence-electron chi connectivity index (χ3n) is 2.69. The number of carbonyl (C=O) groups is 1. The highest BCUT2D eigenvalue weighted by Gasteiger charge is 2.15. The summed E-state index contributed by atoms with van der Waals surface area (Å²) in [4.78, 5) is 19.3. The van der Waals surface area contributed by atoms with E-state index in [9.17, 15) is 13.2 Å². The first-order valence-corrected chi connectivity index (χ1v) is 8.18. The number of sulfone groups is 1. The lowest BCUT2D eigenvalue weighted by Gasteiger charge is -2.05. The molecule has 110 valence electrons. The maximum atomic E-state index is 11.9. The van der Waals surface area contributed by atoms with Crippen LogP contribution in [-0.4, -0.2) is 30.0 Å². The quantitative estimate of drug-likeness (QED) is 0.872. The molecule has 21 heavy (non-hydrogen) atoms. The summed E-state index contributed by atoms with van der Waals surface area (Å²) in [6.45, 7) is 0. The highest BCUT2D eigenvalue weighted by atomic mass is 32.2. The minimum absolute atomic E-state index is 0.0665. The number of hydrogen-bond donors (Lipinski definition) is 1. The molecule has 0 radical (unpaired) electrons. The molecule has 0 saturated heterocycles. The van der Waals surface area contributed by atoms with Crippen LogP contribution in [0.1, 0.15) is 12.0 Å². The molecule has 1 N–H and O–H groups in total. The van der Waals surface area contributed by atoms with E-state index in [0.717, 1.165) is 0 Å². The number of nitrogens with zero attached hydrogens (tertiary/aromatic N) is 2. The summed E-state index contributed by atoms with van der Waals surface area (Å²) in [7, 11) is -3.32. The lowest BCUT2D eigenvalue weighted by Crippen LogP contribution is -2.19. The third kappa shape index (κ3) is 5.31. The van der Waals surface area contributed by atoms with E-state index < -0.39 is 15.7 Å². The second-order valence-electron chi connectivity index (χ2n) is 4.45. The summed E-state index contributed by atoms with van der Waals surface area (Å²) >= 11 is 0. The van der Waals surface area contributed by atoms with Crippen molar-refractivity contribution in [3.05, 3.63) is 54.4 Å². The number of aromatic nitrogens is 2. The van der Waals surface area contributed by atoms with E-state index in [1.165, 1.54) is 12.4 Å². The highest BCUT2D eigenvalue weighted by Crippen LogP contribution is 2.07. The van der Waals surface area contributed by atoms with Gasteiger partial charge >= 0.3 is 0 Å². The molecule has 1 heterocycles. The standard InChI is InChI=1S/C14H15N3O3S/c18-13(17-14-15-8-4-9-16-14)7-10-21(19,20)11-12-5-2-1-3-6-12/h1-6,8-9H,7,10-11H2,(H,15,16,17,18). The van der Waals surface area contributed by atoms with E-state index in [2.05, 4.69) is 15.3 Å². The molecule has 7 heteroatoms. The van der Waals surface area contributed by atoms with Gasteiger partial charge in [0.15, 0.2) is 9.84 Å². The molecule has 0 unspecified atom stereocenters. The molecular weight excluding hydrogens is 290 g/mol. The third-order valence-corrected chi connectivity index (χ3v) is 4.29. The van der Waals surface area contributed by atoms with Crippen molar-refractivity contribution in [2.75, 3.05) is 11.1 Å². The van der Waals surface area contributed by atoms with Crippen LogP contribution in [-0.2, 0) is 20.4 Å². The molecule has 0 aliphatic heterocycles. The van der Waals surface area contributed by atoms with Gasteiger partial charge < -0.3 is 0 Å². The molecule has 0 spiro atoms. The van der Waals surface area contributed by atoms with Crippen molar-refractivity contribution in [1.82, 2.24) is 9.97 Å². The second-order valence-corrected chi connectivity index (χ2v) is 6.63. The van der Waals surface area contributed by atoms with Crippen LogP contribution in [0.15, 0.2) is 48.8 Å². The van der Waals surface area contributed by atoms with Gasteiger partial charge in [-0.05, 0) is 11.6 Å². The van der Waals surface area contributed by atoms with Gasteiger partial charge in [-0.3, -0.25) is 10.1 Å². The molecule has 0 fully saturated rings. The van der Waals surface area contributed by atoms with Crippen LogP contribution in [0, 0.1) is 0 Å². The van der Waals surface area contributed by atoms with Crippen molar-refractivity contribution in [2.24, 2.45) is 0 Å². The van der Waals surface area contributed by atoms with Crippen LogP contribution >= 0.6 is 0 Å². The number of anilines is 1. The Kier molecular flexibility index (Phi) is 4.99. The topological polar surface area (TPSA) is 89.0 Å². The summed E-state index contributed by atoms with van der Waals surface area (Å²) in [5.41, 5.74) is 0.712. The molecule has 1 aromatic heterocycles. The van der Waals surface area contributed by atoms with Crippen molar-refractivity contribution in [1.29, 1.82) is 0 Å². The molecule has 1 aromatic carbocycles. The average Bonchev–Trinajstić information content (AvgIpc) is 2.47. The molecule has 0 aliphatic rings. The van der Waals surface area contributed by atoms with Crippen molar-refractivity contribution in [3.63, 3.8) is 0 Å². The first kappa shape index (κ1) is 15.1. The fraction of sp³-hybridized carbons (Fsp3) is 0.214. The van der Waals surface area contributed by atoms with Crippen molar-refractivity contribution in [2.45, 2.75) is 12.2 Å². The van der Waals surface area contributed by atoms with Crippen LogP contribution in [0.4, 0.5) is 5.95 Å². The summed E-state index contributed by atoms with van der Waals surface area (Å²) < 4.78 is 23.9. The van der Waals surface area contributed by atoms with Crippen LogP contribution in [0.25, 0.3) is 0 Å². The molecular formula is C14H15N3O3S. The Bertz CT molecular complexity index is 688. The van der Waals surface area contributed by atoms with Crippen molar-refractivity contribution in [3.8, 4) is 0 Å². The highest BCUT2D eigenvalue weighted by molar-refractivity contribution is 7.90. The lowest BCUT2D eigenvalue weighted by atomic mass is 10.2. The number of hydrogen-bond acceptors (Lipinski definition) is 5. The Hall–Kier alpha value is -2.28. The zero-order valence-corrected chi connectivity index (χ0v) is 12.1. The van der Waals surface area contributed by atoms with E-state index in [-0.39, 0.29) is 23.9 Å². The first-order valence-electron chi connectivity index (χ1n) is 6.36. The maximum absolute atomic E-state index is 11.9. The molecule has 1 amide bonds. The van der Waals surface area contributed by atoms with Gasteiger partial charge in [-0.25, -0.2) is 18.4 Å². The van der Waals surface area contributed by atoms with Crippen LogP contribution in [0.2, 0.25) is 0 Å². The number of carbonyl (C=O) groups excluding carboxylic acids is 1. The maximum Gasteiger partial charge on any atom is 0.229 e. The Morgan fingerprint density at radius 3 is 2.38 bits per heavy atom. The number of benzene rings is 1. The molecule has 0 saturated carbocycles. The second kappa shape index (κ2) is 6.94. The lowest BCUT2D eigenvalue weighted by molar-refractivity contribution is -0.115. The predicted molar refractivity (Wildman–Crippen MR) is 79.2 cm³/mol. The first-order chi connectivity index (χ1) is 10.1. The molecule has 0 aliphatic carbocycles. The van der Waals surface area contributed by atoms with Gasteiger partial charge in [0.1, 0.15) is 0 Å². The monoisotopic (exact) mass is 305 g/mol. The van der Waals surface area contributed by atoms with Gasteiger partial charge in [-0.15, -0.1) is 0 Å². The number of rotatable bonds is 6. The SMILES string of the molecule is O=C(CCS(=O)(=O)Cc1ccccc1)Nc1ncccn1. The van der Waals surface area contributed by atoms with Gasteiger partial charge in [-0.2, -0.15) is 0 Å². The van der Waals surface area contributed by atoms with Crippen molar-refractivity contribution < 1.29 is 13.2 Å². The van der Waals surface area contributed by atoms with E-state index in [1.54, 1.807) is 30.3 Å². The zero-order chi connectivity index (χ0) is 15.1. The van der Waals surface area contributed by atoms with Gasteiger partial charge in [0.05, 0.1) is 11.5 Å². The van der Waals surface area contributed by atoms with Crippen LogP contribution in [0.3, 0.4) is 0 Å². The molecule has 2 rings (SSSR count). The fourth-order valence-corrected chi connectivity index (χ4v) is 3.04. The van der Waals surface area contributed by atoms with Crippen molar-refractivity contribution >= 4 is 21.7 Å². The van der Waals surface area contributed by atoms with E-state index >= 15 is 0 Å². The number of amides is 1. The summed E-state index contributed by atoms with van der Waals surface area (Å²) in [6, 6.07) is 10.5. The average molecular weight is 305 g/mol. The van der Waals surface area contributed by atoms with Crippen LogP contribution in [0.5, 0.6) is 0 Å². The minimum Gasteiger partial charge on any atom is -0.295 e. The van der Waals surface area contributed by atoms with Crippen LogP contribution < -0.4 is 5.32 Å². The van der Waals surface area contributed by atoms with E-state index in [0.29, 0.717) is 5.56 Å². The number of nitrogens with one attached hydrogen (secondary N) is 1. The normalized spacial score (nSPS) is 11.0. The zero-order valence-electron chi connectivity index (χ0n) is 11.3. The Balaban J connectivity index is 1.85.